The molecule has 0 fully saturated rings. The molecule has 1 aliphatic rings. The number of rotatable bonds is 12. The summed E-state index contributed by atoms with van der Waals surface area (Å²) >= 11 is 0. The first kappa shape index (κ1) is 34.0. The van der Waals surface area contributed by atoms with Crippen molar-refractivity contribution in [2.75, 3.05) is 33.9 Å². The van der Waals surface area contributed by atoms with Crippen molar-refractivity contribution < 1.29 is 41.3 Å². The number of esters is 2. The zero-order chi connectivity index (χ0) is 30.9. The van der Waals surface area contributed by atoms with Crippen molar-refractivity contribution in [3.63, 3.8) is 0 Å². The number of allylic oxidation sites excluding steroid dienone is 2. The largest absolute Gasteiger partial charge is 1.00 e. The molecule has 0 aliphatic carbocycles. The van der Waals surface area contributed by atoms with Crippen LogP contribution in [0, 0.1) is 10.1 Å². The first-order valence-corrected chi connectivity index (χ1v) is 14.3. The number of nitro groups is 1. The van der Waals surface area contributed by atoms with E-state index in [0.717, 1.165) is 13.0 Å². The number of carbonyl (C=O) groups is 2. The van der Waals surface area contributed by atoms with Crippen LogP contribution in [-0.4, -0.2) is 50.7 Å². The van der Waals surface area contributed by atoms with Crippen LogP contribution in [0.25, 0.3) is 0 Å². The summed E-state index contributed by atoms with van der Waals surface area (Å²) in [5.74, 6) is -2.09. The van der Waals surface area contributed by atoms with E-state index in [9.17, 15) is 19.7 Å². The molecule has 1 aliphatic heterocycles. The van der Waals surface area contributed by atoms with Gasteiger partial charge < -0.3 is 32.1 Å². The number of carbonyl (C=O) groups excluding carboxylic acids is 2. The molecule has 1 heterocycles. The third-order valence-corrected chi connectivity index (χ3v) is 7.86. The Morgan fingerprint density at radius 2 is 1.39 bits per heavy atom. The lowest BCUT2D eigenvalue weighted by molar-refractivity contribution is -0.880. The maximum Gasteiger partial charge on any atom is 0.336 e. The van der Waals surface area contributed by atoms with Gasteiger partial charge in [-0.25, -0.2) is 9.59 Å². The lowest BCUT2D eigenvalue weighted by Crippen LogP contribution is -3.09. The Labute approximate surface area is 264 Å². The topological polar surface area (TPSA) is 112 Å². The van der Waals surface area contributed by atoms with E-state index in [1.165, 1.54) is 29.2 Å². The van der Waals surface area contributed by atoms with E-state index in [0.29, 0.717) is 17.9 Å². The Kier molecular flexibility index (Phi) is 12.3. The monoisotopic (exact) mass is 619 g/mol. The smallest absolute Gasteiger partial charge is 0.336 e. The number of nitrogens with zero attached hydrogens (tertiary/aromatic N) is 1. The Hall–Kier alpha value is -4.47. The Morgan fingerprint density at radius 1 is 0.864 bits per heavy atom. The predicted octanol–water partition coefficient (Wildman–Crippen LogP) is 1.29. The number of ether oxygens (including phenoxy) is 2. The van der Waals surface area contributed by atoms with Crippen LogP contribution in [0.2, 0.25) is 0 Å². The molecule has 2 atom stereocenters. The first-order valence-electron chi connectivity index (χ1n) is 14.3. The van der Waals surface area contributed by atoms with E-state index >= 15 is 0 Å². The molecule has 0 saturated carbocycles. The molecule has 0 amide bonds. The van der Waals surface area contributed by atoms with Gasteiger partial charge in [-0.2, -0.15) is 0 Å². The fourth-order valence-corrected chi connectivity index (χ4v) is 5.66. The van der Waals surface area contributed by atoms with Crippen molar-refractivity contribution in [1.29, 1.82) is 0 Å². The molecule has 2 N–H and O–H groups in total. The zero-order valence-corrected chi connectivity index (χ0v) is 26.1. The SMILES string of the molecule is COC(=O)C1=C(C)NC(C)=C(C(=O)OCC[NH+](C)CCC(c2ccccc2)c2ccccc2)C1c1ccccc1[N+](=O)[O-].[Cl-]. The molecule has 44 heavy (non-hydrogen) atoms. The highest BCUT2D eigenvalue weighted by Gasteiger charge is 2.40. The van der Waals surface area contributed by atoms with Crippen LogP contribution >= 0.6 is 0 Å². The first-order chi connectivity index (χ1) is 20.7. The third-order valence-electron chi connectivity index (χ3n) is 7.86. The van der Waals surface area contributed by atoms with Crippen molar-refractivity contribution in [2.45, 2.75) is 32.1 Å². The maximum absolute atomic E-state index is 13.6. The van der Waals surface area contributed by atoms with Gasteiger partial charge in [0.15, 0.2) is 0 Å². The molecule has 9 nitrogen and oxygen atoms in total. The number of para-hydroxylation sites is 1. The summed E-state index contributed by atoms with van der Waals surface area (Å²) in [4.78, 5) is 39.1. The number of nitrogens with one attached hydrogen (secondary N) is 2. The quantitative estimate of drug-likeness (QED) is 0.179. The Balaban J connectivity index is 0.00000529. The van der Waals surface area contributed by atoms with Gasteiger partial charge in [0.05, 0.1) is 42.7 Å². The number of hydrogen-bond donors (Lipinski definition) is 2. The summed E-state index contributed by atoms with van der Waals surface area (Å²) in [7, 11) is 3.30. The molecular weight excluding hydrogens is 582 g/mol. The molecular formula is C34H38ClN3O6. The molecule has 0 bridgehead atoms. The highest BCUT2D eigenvalue weighted by atomic mass is 35.5. The second kappa shape index (κ2) is 15.8. The van der Waals surface area contributed by atoms with Crippen LogP contribution in [0.15, 0.2) is 107 Å². The molecule has 2 unspecified atom stereocenters. The van der Waals surface area contributed by atoms with Gasteiger partial charge in [-0.15, -0.1) is 0 Å². The second-order valence-electron chi connectivity index (χ2n) is 10.7. The van der Waals surface area contributed by atoms with Crippen molar-refractivity contribution >= 4 is 17.6 Å². The van der Waals surface area contributed by atoms with Gasteiger partial charge in [0.2, 0.25) is 0 Å². The van der Waals surface area contributed by atoms with Crippen molar-refractivity contribution in [2.24, 2.45) is 0 Å². The maximum atomic E-state index is 13.6. The van der Waals surface area contributed by atoms with Gasteiger partial charge >= 0.3 is 11.9 Å². The average Bonchev–Trinajstić information content (AvgIpc) is 3.01. The summed E-state index contributed by atoms with van der Waals surface area (Å²) in [6, 6.07) is 26.9. The normalized spacial score (nSPS) is 15.2. The van der Waals surface area contributed by atoms with Crippen LogP contribution in [-0.2, 0) is 19.1 Å². The van der Waals surface area contributed by atoms with Gasteiger partial charge in [-0.3, -0.25) is 10.1 Å². The third kappa shape index (κ3) is 7.92. The summed E-state index contributed by atoms with van der Waals surface area (Å²) in [5.41, 5.74) is 3.73. The highest BCUT2D eigenvalue weighted by Crippen LogP contribution is 2.42. The molecule has 10 heteroatoms. The van der Waals surface area contributed by atoms with Crippen LogP contribution in [0.3, 0.4) is 0 Å². The van der Waals surface area contributed by atoms with Crippen molar-refractivity contribution in [1.82, 2.24) is 5.32 Å². The molecule has 232 valence electrons. The van der Waals surface area contributed by atoms with Gasteiger partial charge in [-0.1, -0.05) is 78.9 Å². The van der Waals surface area contributed by atoms with Gasteiger partial charge in [0, 0.05) is 35.4 Å². The van der Waals surface area contributed by atoms with Crippen LogP contribution in [0.5, 0.6) is 0 Å². The summed E-state index contributed by atoms with van der Waals surface area (Å²) < 4.78 is 10.8. The number of dihydropyridines is 1. The fourth-order valence-electron chi connectivity index (χ4n) is 5.66. The Morgan fingerprint density at radius 3 is 1.93 bits per heavy atom. The minimum atomic E-state index is -1.02. The minimum absolute atomic E-state index is 0. The zero-order valence-electron chi connectivity index (χ0n) is 25.3. The molecule has 3 aromatic carbocycles. The van der Waals surface area contributed by atoms with E-state index in [1.807, 2.05) is 12.1 Å². The number of likely N-dealkylation sites (N-methyl/N-ethyl adjacent to an activating group) is 1. The summed E-state index contributed by atoms with van der Waals surface area (Å²) in [5, 5.41) is 15.0. The number of nitro benzene ring substituents is 1. The number of benzene rings is 3. The minimum Gasteiger partial charge on any atom is -1.00 e. The molecule has 0 spiro atoms. The second-order valence-corrected chi connectivity index (χ2v) is 10.7. The highest BCUT2D eigenvalue weighted by molar-refractivity contribution is 6.00. The number of methoxy groups -OCH3 is 1. The van der Waals surface area contributed by atoms with E-state index < -0.39 is 22.8 Å². The van der Waals surface area contributed by atoms with E-state index in [1.54, 1.807) is 32.0 Å². The summed E-state index contributed by atoms with van der Waals surface area (Å²) in [6.07, 6.45) is 0.911. The van der Waals surface area contributed by atoms with Gasteiger partial charge in [0.25, 0.3) is 5.69 Å². The molecule has 3 aromatic rings. The number of quaternary nitrogens is 1. The van der Waals surface area contributed by atoms with Crippen molar-refractivity contribution in [3.05, 3.63) is 134 Å². The Bertz CT molecular complexity index is 1480. The molecule has 0 saturated heterocycles. The molecule has 0 aromatic heterocycles. The van der Waals surface area contributed by atoms with Gasteiger partial charge in [-0.05, 0) is 25.0 Å². The lowest BCUT2D eigenvalue weighted by atomic mass is 9.79. The van der Waals surface area contributed by atoms with Crippen LogP contribution in [0.4, 0.5) is 5.69 Å². The van der Waals surface area contributed by atoms with Gasteiger partial charge in [0.1, 0.15) is 13.2 Å². The summed E-state index contributed by atoms with van der Waals surface area (Å²) in [6.45, 7) is 4.93. The standard InChI is InChI=1S/C34H37N3O6.ClH/c1-23-30(33(38)42-4)32(28-17-11-12-18-29(28)37(40)41)31(24(2)35-23)34(39)43-22-21-36(3)20-19-27(25-13-7-5-8-14-25)26-15-9-6-10-16-26;/h5-18,27,32,35H,19-22H2,1-4H3;1H. The predicted molar refractivity (Wildman–Crippen MR) is 163 cm³/mol. The molecule has 0 radical (unpaired) electrons. The fraction of sp³-hybridized carbons (Fsp3) is 0.294. The van der Waals surface area contributed by atoms with E-state index in [2.05, 4.69) is 60.9 Å². The number of halogens is 1. The van der Waals surface area contributed by atoms with Crippen LogP contribution in [0.1, 0.15) is 48.8 Å². The average molecular weight is 620 g/mol. The molecule has 4 rings (SSSR count). The lowest BCUT2D eigenvalue weighted by Gasteiger charge is -2.30. The van der Waals surface area contributed by atoms with Crippen LogP contribution < -0.4 is 22.6 Å². The van der Waals surface area contributed by atoms with Crippen molar-refractivity contribution in [3.8, 4) is 0 Å². The van der Waals surface area contributed by atoms with E-state index in [-0.39, 0.29) is 47.3 Å². The number of hydrogen-bond acceptors (Lipinski definition) is 7. The van der Waals surface area contributed by atoms with E-state index in [4.69, 9.17) is 9.47 Å².